The maximum atomic E-state index is 12.0. The van der Waals surface area contributed by atoms with Crippen molar-refractivity contribution < 1.29 is 4.79 Å². The second kappa shape index (κ2) is 5.43. The predicted molar refractivity (Wildman–Crippen MR) is 71.2 cm³/mol. The Hall–Kier alpha value is -0.190. The molecule has 4 heteroatoms. The van der Waals surface area contributed by atoms with Crippen LogP contribution in [-0.4, -0.2) is 17.9 Å². The van der Waals surface area contributed by atoms with Gasteiger partial charge in [0.15, 0.2) is 5.78 Å². The molecule has 1 aliphatic heterocycles. The number of thiophene rings is 1. The van der Waals surface area contributed by atoms with Crippen LogP contribution in [0.3, 0.4) is 0 Å². The number of halogens is 1. The molecule has 1 aromatic rings. The zero-order valence-electron chi connectivity index (χ0n) is 9.33. The molecule has 0 amide bonds. The van der Waals surface area contributed by atoms with Gasteiger partial charge in [0.2, 0.25) is 0 Å². The molecule has 2 heterocycles. The minimum atomic E-state index is 0.266. The number of nitrogens with one attached hydrogen (secondary N) is 1. The summed E-state index contributed by atoms with van der Waals surface area (Å²) in [5, 5.41) is 3.50. The van der Waals surface area contributed by atoms with Crippen LogP contribution in [0.1, 0.15) is 42.3 Å². The Labute approximate surface area is 109 Å². The lowest BCUT2D eigenvalue weighted by atomic mass is 9.96. The number of carbonyl (C=O) groups excluding carboxylic acids is 1. The van der Waals surface area contributed by atoms with Crippen molar-refractivity contribution in [1.29, 1.82) is 0 Å². The second-order valence-electron chi connectivity index (χ2n) is 4.43. The van der Waals surface area contributed by atoms with E-state index in [4.69, 9.17) is 0 Å². The Balaban J connectivity index is 1.92. The van der Waals surface area contributed by atoms with Gasteiger partial charge in [0, 0.05) is 18.5 Å². The van der Waals surface area contributed by atoms with Crippen molar-refractivity contribution in [2.24, 2.45) is 0 Å². The predicted octanol–water partition coefficient (Wildman–Crippen LogP) is 3.61. The smallest absolute Gasteiger partial charge is 0.174 e. The molecule has 16 heavy (non-hydrogen) atoms. The fraction of sp³-hybridized carbons (Fsp3) is 0.583. The highest BCUT2D eigenvalue weighted by molar-refractivity contribution is 9.11. The fourth-order valence-corrected chi connectivity index (χ4v) is 3.52. The van der Waals surface area contributed by atoms with Crippen LogP contribution >= 0.6 is 27.3 Å². The van der Waals surface area contributed by atoms with Gasteiger partial charge >= 0.3 is 0 Å². The van der Waals surface area contributed by atoms with Crippen molar-refractivity contribution in [3.05, 3.63) is 20.8 Å². The molecule has 0 aromatic carbocycles. The molecular formula is C12H16BrNOS. The zero-order chi connectivity index (χ0) is 11.5. The zero-order valence-corrected chi connectivity index (χ0v) is 11.7. The summed E-state index contributed by atoms with van der Waals surface area (Å²) >= 11 is 4.91. The fourth-order valence-electron chi connectivity index (χ4n) is 2.19. The van der Waals surface area contributed by atoms with E-state index in [0.29, 0.717) is 18.5 Å². The second-order valence-corrected chi connectivity index (χ2v) is 6.89. The van der Waals surface area contributed by atoms with Gasteiger partial charge in [-0.15, -0.1) is 11.3 Å². The van der Waals surface area contributed by atoms with Gasteiger partial charge in [0.25, 0.3) is 0 Å². The van der Waals surface area contributed by atoms with E-state index >= 15 is 0 Å². The molecule has 2 nitrogen and oxygen atoms in total. The molecule has 2 unspecified atom stereocenters. The Bertz CT molecular complexity index is 377. The molecule has 1 saturated heterocycles. The maximum Gasteiger partial charge on any atom is 0.174 e. The van der Waals surface area contributed by atoms with Crippen molar-refractivity contribution in [2.45, 2.75) is 44.7 Å². The van der Waals surface area contributed by atoms with E-state index in [1.165, 1.54) is 24.2 Å². The first-order chi connectivity index (χ1) is 7.65. The first kappa shape index (κ1) is 12.3. The highest BCUT2D eigenvalue weighted by Gasteiger charge is 2.21. The van der Waals surface area contributed by atoms with E-state index in [0.717, 1.165) is 15.1 Å². The van der Waals surface area contributed by atoms with Crippen LogP contribution in [0.2, 0.25) is 0 Å². The molecular weight excluding hydrogens is 286 g/mol. The monoisotopic (exact) mass is 301 g/mol. The third kappa shape index (κ3) is 3.15. The average Bonchev–Trinajstić information content (AvgIpc) is 2.65. The van der Waals surface area contributed by atoms with Gasteiger partial charge in [-0.1, -0.05) is 6.42 Å². The third-order valence-electron chi connectivity index (χ3n) is 2.99. The van der Waals surface area contributed by atoms with Gasteiger partial charge in [-0.05, 0) is 47.8 Å². The minimum Gasteiger partial charge on any atom is -0.311 e. The molecule has 0 bridgehead atoms. The number of hydrogen-bond donors (Lipinski definition) is 1. The largest absolute Gasteiger partial charge is 0.311 e. The summed E-state index contributed by atoms with van der Waals surface area (Å²) in [5.41, 5.74) is 0. The van der Waals surface area contributed by atoms with E-state index in [-0.39, 0.29) is 5.78 Å². The van der Waals surface area contributed by atoms with Crippen molar-refractivity contribution in [1.82, 2.24) is 5.32 Å². The van der Waals surface area contributed by atoms with Crippen LogP contribution in [0.5, 0.6) is 0 Å². The number of rotatable bonds is 3. The molecule has 2 atom stereocenters. The molecule has 0 radical (unpaired) electrons. The molecule has 1 fully saturated rings. The van der Waals surface area contributed by atoms with Crippen molar-refractivity contribution in [3.63, 3.8) is 0 Å². The van der Waals surface area contributed by atoms with Crippen LogP contribution in [-0.2, 0) is 0 Å². The van der Waals surface area contributed by atoms with E-state index in [2.05, 4.69) is 28.2 Å². The van der Waals surface area contributed by atoms with Crippen molar-refractivity contribution in [3.8, 4) is 0 Å². The summed E-state index contributed by atoms with van der Waals surface area (Å²) in [7, 11) is 0. The lowest BCUT2D eigenvalue weighted by Gasteiger charge is -2.28. The Morgan fingerprint density at radius 2 is 2.38 bits per heavy atom. The number of carbonyl (C=O) groups is 1. The van der Waals surface area contributed by atoms with Crippen molar-refractivity contribution >= 4 is 33.0 Å². The van der Waals surface area contributed by atoms with Crippen molar-refractivity contribution in [2.75, 3.05) is 0 Å². The summed E-state index contributed by atoms with van der Waals surface area (Å²) in [6.07, 6.45) is 4.23. The molecule has 1 aliphatic rings. The summed E-state index contributed by atoms with van der Waals surface area (Å²) in [4.78, 5) is 12.8. The van der Waals surface area contributed by atoms with Gasteiger partial charge in [0.05, 0.1) is 8.66 Å². The van der Waals surface area contributed by atoms with Crippen LogP contribution in [0.15, 0.2) is 15.9 Å². The summed E-state index contributed by atoms with van der Waals surface area (Å²) in [5.74, 6) is 0.266. The number of Topliss-reactive ketones (excluding diaryl/α,β-unsaturated/α-hetero) is 1. The highest BCUT2D eigenvalue weighted by atomic mass is 79.9. The van der Waals surface area contributed by atoms with Gasteiger partial charge in [-0.3, -0.25) is 4.79 Å². The van der Waals surface area contributed by atoms with E-state index < -0.39 is 0 Å². The Morgan fingerprint density at radius 1 is 1.56 bits per heavy atom. The topological polar surface area (TPSA) is 29.1 Å². The molecule has 1 N–H and O–H groups in total. The normalized spacial score (nSPS) is 25.6. The van der Waals surface area contributed by atoms with Gasteiger partial charge in [0.1, 0.15) is 0 Å². The molecule has 2 rings (SSSR count). The quantitative estimate of drug-likeness (QED) is 0.864. The summed E-state index contributed by atoms with van der Waals surface area (Å²) < 4.78 is 1.03. The standard InChI is InChI=1S/C12H16BrNOS/c1-8-3-2-4-9(14-8)7-10(15)11-5-6-12(13)16-11/h5-6,8-9,14H,2-4,7H2,1H3. The van der Waals surface area contributed by atoms with Crippen LogP contribution in [0.4, 0.5) is 0 Å². The first-order valence-electron chi connectivity index (χ1n) is 5.70. The van der Waals surface area contributed by atoms with Gasteiger partial charge in [-0.25, -0.2) is 0 Å². The molecule has 0 aliphatic carbocycles. The number of piperidine rings is 1. The molecule has 1 aromatic heterocycles. The third-order valence-corrected chi connectivity index (χ3v) is 4.65. The number of hydrogen-bond acceptors (Lipinski definition) is 3. The minimum absolute atomic E-state index is 0.266. The van der Waals surface area contributed by atoms with Crippen LogP contribution < -0.4 is 5.32 Å². The molecule has 0 spiro atoms. The molecule has 88 valence electrons. The first-order valence-corrected chi connectivity index (χ1v) is 7.30. The van der Waals surface area contributed by atoms with Gasteiger partial charge < -0.3 is 5.32 Å². The Kier molecular flexibility index (Phi) is 4.16. The molecule has 0 saturated carbocycles. The average molecular weight is 302 g/mol. The van der Waals surface area contributed by atoms with Crippen LogP contribution in [0.25, 0.3) is 0 Å². The SMILES string of the molecule is CC1CCCC(CC(=O)c2ccc(Br)s2)N1. The highest BCUT2D eigenvalue weighted by Crippen LogP contribution is 2.24. The Morgan fingerprint density at radius 3 is 3.00 bits per heavy atom. The lowest BCUT2D eigenvalue weighted by Crippen LogP contribution is -2.41. The van der Waals surface area contributed by atoms with E-state index in [9.17, 15) is 4.79 Å². The van der Waals surface area contributed by atoms with Crippen LogP contribution in [0, 0.1) is 0 Å². The maximum absolute atomic E-state index is 12.0. The van der Waals surface area contributed by atoms with Gasteiger partial charge in [-0.2, -0.15) is 0 Å². The summed E-state index contributed by atoms with van der Waals surface area (Å²) in [6, 6.07) is 4.77. The van der Waals surface area contributed by atoms with E-state index in [1.54, 1.807) is 0 Å². The van der Waals surface area contributed by atoms with E-state index in [1.807, 2.05) is 12.1 Å². The lowest BCUT2D eigenvalue weighted by molar-refractivity contribution is 0.0964. The summed E-state index contributed by atoms with van der Waals surface area (Å²) in [6.45, 7) is 2.19. The number of ketones is 1.